The molecule has 8 heteroatoms. The number of aliphatic carboxylic acids is 1. The number of benzene rings is 1. The van der Waals surface area contributed by atoms with Crippen LogP contribution < -0.4 is 15.0 Å². The second kappa shape index (κ2) is 11.7. The first-order valence-corrected chi connectivity index (χ1v) is 11.5. The monoisotopic (exact) mass is 442 g/mol. The molecule has 1 aromatic heterocycles. The summed E-state index contributed by atoms with van der Waals surface area (Å²) in [4.78, 5) is 22.5. The topological polar surface area (TPSA) is 96.8 Å². The van der Waals surface area contributed by atoms with E-state index in [2.05, 4.69) is 45.3 Å². The number of hydrogen-bond donors (Lipinski definition) is 2. The van der Waals surface area contributed by atoms with Crippen LogP contribution in [-0.2, 0) is 9.53 Å². The van der Waals surface area contributed by atoms with Crippen molar-refractivity contribution in [2.24, 2.45) is 0 Å². The molecule has 0 bridgehead atoms. The molecule has 1 saturated heterocycles. The van der Waals surface area contributed by atoms with Crippen LogP contribution in [0, 0.1) is 0 Å². The van der Waals surface area contributed by atoms with Crippen LogP contribution in [0.2, 0.25) is 0 Å². The van der Waals surface area contributed by atoms with Crippen LogP contribution in [0.5, 0.6) is 5.88 Å². The van der Waals surface area contributed by atoms with E-state index in [0.717, 1.165) is 56.0 Å². The summed E-state index contributed by atoms with van der Waals surface area (Å²) in [5.41, 5.74) is 2.98. The number of carboxylic acid groups (broad SMARTS) is 1. The molecule has 1 aliphatic heterocycles. The Morgan fingerprint density at radius 1 is 1.25 bits per heavy atom. The molecule has 0 unspecified atom stereocenters. The van der Waals surface area contributed by atoms with Crippen molar-refractivity contribution in [1.29, 1.82) is 0 Å². The van der Waals surface area contributed by atoms with E-state index >= 15 is 0 Å². The van der Waals surface area contributed by atoms with Gasteiger partial charge in [-0.05, 0) is 56.7 Å². The van der Waals surface area contributed by atoms with Crippen molar-refractivity contribution in [3.05, 3.63) is 36.2 Å². The van der Waals surface area contributed by atoms with E-state index in [-0.39, 0.29) is 12.3 Å². The molecule has 1 atom stereocenters. The Morgan fingerprint density at radius 2 is 2.03 bits per heavy atom. The molecule has 0 amide bonds. The summed E-state index contributed by atoms with van der Waals surface area (Å²) >= 11 is 0. The van der Waals surface area contributed by atoms with E-state index < -0.39 is 5.97 Å². The van der Waals surface area contributed by atoms with Crippen LogP contribution in [0.4, 0.5) is 17.2 Å². The maximum atomic E-state index is 11.4. The Labute approximate surface area is 190 Å². The molecule has 0 radical (unpaired) electrons. The lowest BCUT2D eigenvalue weighted by molar-refractivity contribution is -0.137. The van der Waals surface area contributed by atoms with Crippen LogP contribution >= 0.6 is 0 Å². The Kier molecular flexibility index (Phi) is 8.67. The number of rotatable bonds is 11. The van der Waals surface area contributed by atoms with Gasteiger partial charge in [0.1, 0.15) is 5.82 Å². The maximum absolute atomic E-state index is 11.4. The van der Waals surface area contributed by atoms with Crippen molar-refractivity contribution in [2.45, 2.75) is 58.4 Å². The molecule has 32 heavy (non-hydrogen) atoms. The fourth-order valence-corrected chi connectivity index (χ4v) is 4.23. The van der Waals surface area contributed by atoms with Crippen molar-refractivity contribution >= 4 is 23.2 Å². The van der Waals surface area contributed by atoms with Gasteiger partial charge in [-0.25, -0.2) is 9.97 Å². The molecule has 0 saturated carbocycles. The first kappa shape index (κ1) is 23.8. The molecule has 174 valence electrons. The molecule has 2 N–H and O–H groups in total. The van der Waals surface area contributed by atoms with Gasteiger partial charge in [-0.2, -0.15) is 0 Å². The van der Waals surface area contributed by atoms with Crippen LogP contribution in [0.25, 0.3) is 0 Å². The highest BCUT2D eigenvalue weighted by Gasteiger charge is 2.24. The standard InChI is InChI=1S/C24H34N4O4/c1-4-17(14-24(29)30)18-7-8-21(28(5-2)19-9-11-31-12-10-19)20(13-18)27-22-15-26-23(16-25-22)32-6-3/h7-8,13,15-17,19H,4-6,9-12,14H2,1-3H3,(H,25,27)(H,29,30)/t17-/m1/s1. The number of nitrogens with zero attached hydrogens (tertiary/aromatic N) is 3. The minimum absolute atomic E-state index is 0.0494. The van der Waals surface area contributed by atoms with Crippen molar-refractivity contribution < 1.29 is 19.4 Å². The Bertz CT molecular complexity index is 869. The molecular formula is C24H34N4O4. The summed E-state index contributed by atoms with van der Waals surface area (Å²) in [6, 6.07) is 6.62. The highest BCUT2D eigenvalue weighted by atomic mass is 16.5. The van der Waals surface area contributed by atoms with Gasteiger partial charge < -0.3 is 24.8 Å². The number of hydrogen-bond acceptors (Lipinski definition) is 7. The average Bonchev–Trinajstić information content (AvgIpc) is 2.81. The van der Waals surface area contributed by atoms with Crippen LogP contribution in [0.3, 0.4) is 0 Å². The third-order valence-electron chi connectivity index (χ3n) is 5.87. The predicted molar refractivity (Wildman–Crippen MR) is 125 cm³/mol. The normalized spacial score (nSPS) is 15.2. The predicted octanol–water partition coefficient (Wildman–Crippen LogP) is 4.59. The molecule has 0 spiro atoms. The number of anilines is 3. The quantitative estimate of drug-likeness (QED) is 0.521. The van der Waals surface area contributed by atoms with Gasteiger partial charge >= 0.3 is 5.97 Å². The second-order valence-corrected chi connectivity index (χ2v) is 7.91. The lowest BCUT2D eigenvalue weighted by Gasteiger charge is -2.36. The number of ether oxygens (including phenoxy) is 2. The van der Waals surface area contributed by atoms with Gasteiger partial charge in [-0.15, -0.1) is 0 Å². The fraction of sp³-hybridized carbons (Fsp3) is 0.542. The Hall–Kier alpha value is -2.87. The number of carboxylic acids is 1. The first-order valence-electron chi connectivity index (χ1n) is 11.5. The second-order valence-electron chi connectivity index (χ2n) is 7.91. The van der Waals surface area contributed by atoms with Gasteiger partial charge in [-0.3, -0.25) is 4.79 Å². The summed E-state index contributed by atoms with van der Waals surface area (Å²) in [6.45, 7) is 9.01. The zero-order chi connectivity index (χ0) is 22.9. The van der Waals surface area contributed by atoms with E-state index in [1.54, 1.807) is 12.4 Å². The molecule has 2 aromatic rings. The summed E-state index contributed by atoms with van der Waals surface area (Å²) in [6.07, 6.45) is 6.08. The molecule has 3 rings (SSSR count). The van der Waals surface area contributed by atoms with Crippen LogP contribution in [-0.4, -0.2) is 53.5 Å². The van der Waals surface area contributed by atoms with Crippen LogP contribution in [0.15, 0.2) is 30.6 Å². The van der Waals surface area contributed by atoms with E-state index in [0.29, 0.717) is 24.3 Å². The van der Waals surface area contributed by atoms with E-state index in [1.165, 1.54) is 0 Å². The lowest BCUT2D eigenvalue weighted by atomic mass is 9.92. The van der Waals surface area contributed by atoms with Gasteiger partial charge in [0.05, 0.1) is 36.8 Å². The lowest BCUT2D eigenvalue weighted by Crippen LogP contribution is -2.39. The van der Waals surface area contributed by atoms with Crippen molar-refractivity contribution in [2.75, 3.05) is 36.6 Å². The van der Waals surface area contributed by atoms with Gasteiger partial charge in [0.15, 0.2) is 0 Å². The van der Waals surface area contributed by atoms with E-state index in [4.69, 9.17) is 9.47 Å². The van der Waals surface area contributed by atoms with Gasteiger partial charge in [0.2, 0.25) is 5.88 Å². The third kappa shape index (κ3) is 6.09. The molecule has 0 aliphatic carbocycles. The average molecular weight is 443 g/mol. The molecule has 1 fully saturated rings. The van der Waals surface area contributed by atoms with Crippen molar-refractivity contribution in [3.63, 3.8) is 0 Å². The van der Waals surface area contributed by atoms with Crippen LogP contribution in [0.1, 0.15) is 57.9 Å². The summed E-state index contributed by atoms with van der Waals surface area (Å²) in [5.74, 6) is 0.259. The van der Waals surface area contributed by atoms with Gasteiger partial charge in [0, 0.05) is 25.8 Å². The Morgan fingerprint density at radius 3 is 2.62 bits per heavy atom. The fourth-order valence-electron chi connectivity index (χ4n) is 4.23. The molecule has 1 aromatic carbocycles. The Balaban J connectivity index is 1.96. The summed E-state index contributed by atoms with van der Waals surface area (Å²) in [7, 11) is 0. The maximum Gasteiger partial charge on any atom is 0.303 e. The SMILES string of the molecule is CCOc1cnc(Nc2cc([C@H](CC)CC(=O)O)ccc2N(CC)C2CCOCC2)cn1. The largest absolute Gasteiger partial charge is 0.481 e. The zero-order valence-corrected chi connectivity index (χ0v) is 19.2. The smallest absolute Gasteiger partial charge is 0.303 e. The van der Waals surface area contributed by atoms with E-state index in [1.807, 2.05) is 13.8 Å². The minimum atomic E-state index is -0.787. The third-order valence-corrected chi connectivity index (χ3v) is 5.87. The highest BCUT2D eigenvalue weighted by Crippen LogP contribution is 2.36. The number of nitrogens with one attached hydrogen (secondary N) is 1. The first-order chi connectivity index (χ1) is 15.5. The highest BCUT2D eigenvalue weighted by molar-refractivity contribution is 5.76. The number of aromatic nitrogens is 2. The molecule has 1 aliphatic rings. The minimum Gasteiger partial charge on any atom is -0.481 e. The number of carbonyl (C=O) groups is 1. The van der Waals surface area contributed by atoms with Crippen molar-refractivity contribution in [3.8, 4) is 5.88 Å². The van der Waals surface area contributed by atoms with Gasteiger partial charge in [0.25, 0.3) is 0 Å². The summed E-state index contributed by atoms with van der Waals surface area (Å²) in [5, 5.41) is 12.8. The molecule has 2 heterocycles. The van der Waals surface area contributed by atoms with Gasteiger partial charge in [-0.1, -0.05) is 13.0 Å². The molecular weight excluding hydrogens is 408 g/mol. The summed E-state index contributed by atoms with van der Waals surface area (Å²) < 4.78 is 11.0. The molecule has 8 nitrogen and oxygen atoms in total. The van der Waals surface area contributed by atoms with Crippen molar-refractivity contribution in [1.82, 2.24) is 9.97 Å². The zero-order valence-electron chi connectivity index (χ0n) is 19.2. The van der Waals surface area contributed by atoms with E-state index in [9.17, 15) is 9.90 Å².